The summed E-state index contributed by atoms with van der Waals surface area (Å²) in [5.41, 5.74) is 1.40. The molecule has 0 N–H and O–H groups in total. The van der Waals surface area contributed by atoms with Gasteiger partial charge in [0.15, 0.2) is 0 Å². The molecule has 0 aliphatic rings. The van der Waals surface area contributed by atoms with Gasteiger partial charge < -0.3 is 9.90 Å². The molecule has 0 rings (SSSR count). The molecule has 0 radical (unpaired) electrons. The summed E-state index contributed by atoms with van der Waals surface area (Å²) in [5, 5.41) is 10.2. The first-order valence-electron chi connectivity index (χ1n) is 7.32. The molecule has 19 heavy (non-hydrogen) atoms. The van der Waals surface area contributed by atoms with E-state index in [2.05, 4.69) is 44.2 Å². The van der Waals surface area contributed by atoms with Crippen LogP contribution in [0.3, 0.4) is 0 Å². The molecule has 0 amide bonds. The molecule has 0 spiro atoms. The lowest BCUT2D eigenvalue weighted by Gasteiger charge is -2.00. The van der Waals surface area contributed by atoms with E-state index in [-0.39, 0.29) is 6.42 Å². The maximum Gasteiger partial charge on any atom is 0.0414 e. The van der Waals surface area contributed by atoms with Crippen molar-refractivity contribution in [1.82, 2.24) is 0 Å². The van der Waals surface area contributed by atoms with E-state index >= 15 is 0 Å². The van der Waals surface area contributed by atoms with E-state index in [9.17, 15) is 9.90 Å². The summed E-state index contributed by atoms with van der Waals surface area (Å²) in [6.45, 7) is 4.30. The van der Waals surface area contributed by atoms with Crippen LogP contribution in [-0.2, 0) is 4.79 Å². The molecule has 0 atom stereocenters. The second-order valence-corrected chi connectivity index (χ2v) is 4.81. The number of carbonyl (C=O) groups excluding carboxylic acids is 1. The summed E-state index contributed by atoms with van der Waals surface area (Å²) >= 11 is 0. The normalized spacial score (nSPS) is 12.6. The second-order valence-electron chi connectivity index (χ2n) is 4.81. The largest absolute Gasteiger partial charge is 0.550 e. The quantitative estimate of drug-likeness (QED) is 0.418. The Labute approximate surface area is 117 Å². The van der Waals surface area contributed by atoms with Crippen LogP contribution >= 0.6 is 0 Å². The van der Waals surface area contributed by atoms with Gasteiger partial charge in [-0.1, -0.05) is 49.3 Å². The number of carboxylic acid groups (broad SMARTS) is 1. The number of carbonyl (C=O) groups is 1. The minimum absolute atomic E-state index is 0.191. The van der Waals surface area contributed by atoms with Crippen molar-refractivity contribution < 1.29 is 9.90 Å². The summed E-state index contributed by atoms with van der Waals surface area (Å²) in [4.78, 5) is 10.2. The van der Waals surface area contributed by atoms with Gasteiger partial charge in [-0.15, -0.1) is 0 Å². The Morgan fingerprint density at radius 2 is 1.84 bits per heavy atom. The van der Waals surface area contributed by atoms with Crippen LogP contribution in [0.2, 0.25) is 0 Å². The summed E-state index contributed by atoms with van der Waals surface area (Å²) < 4.78 is 0. The molecular weight excluding hydrogens is 236 g/mol. The van der Waals surface area contributed by atoms with Crippen LogP contribution in [0.25, 0.3) is 0 Å². The third kappa shape index (κ3) is 14.6. The van der Waals surface area contributed by atoms with Crippen LogP contribution in [0.1, 0.15) is 65.2 Å². The molecule has 0 aromatic heterocycles. The SMILES string of the molecule is CC/C=C\C/C=C(/C)C/C=C\CCCCCC(=O)[O-]. The van der Waals surface area contributed by atoms with Gasteiger partial charge in [-0.05, 0) is 51.9 Å². The molecule has 108 valence electrons. The number of carboxylic acids is 1. The Hall–Kier alpha value is -1.31. The smallest absolute Gasteiger partial charge is 0.0414 e. The molecule has 0 bridgehead atoms. The van der Waals surface area contributed by atoms with E-state index in [0.29, 0.717) is 0 Å². The van der Waals surface area contributed by atoms with Crippen molar-refractivity contribution in [3.8, 4) is 0 Å². The molecule has 0 heterocycles. The van der Waals surface area contributed by atoms with Crippen LogP contribution in [-0.4, -0.2) is 5.97 Å². The number of rotatable bonds is 11. The predicted octanol–water partition coefficient (Wildman–Crippen LogP) is 3.94. The van der Waals surface area contributed by atoms with Gasteiger partial charge in [0.25, 0.3) is 0 Å². The fourth-order valence-corrected chi connectivity index (χ4v) is 1.71. The van der Waals surface area contributed by atoms with Crippen molar-refractivity contribution >= 4 is 5.97 Å². The monoisotopic (exact) mass is 263 g/mol. The molecule has 2 nitrogen and oxygen atoms in total. The fraction of sp³-hybridized carbons (Fsp3) is 0.588. The van der Waals surface area contributed by atoms with Crippen molar-refractivity contribution in [2.24, 2.45) is 0 Å². The number of hydrogen-bond acceptors (Lipinski definition) is 2. The van der Waals surface area contributed by atoms with Gasteiger partial charge in [0.2, 0.25) is 0 Å². The van der Waals surface area contributed by atoms with E-state index < -0.39 is 5.97 Å². The molecule has 0 saturated heterocycles. The maximum atomic E-state index is 10.2. The van der Waals surface area contributed by atoms with Crippen LogP contribution in [0.4, 0.5) is 0 Å². The molecule has 0 fully saturated rings. The molecule has 0 aliphatic carbocycles. The summed E-state index contributed by atoms with van der Waals surface area (Å²) in [6, 6.07) is 0. The molecule has 0 aromatic rings. The fourth-order valence-electron chi connectivity index (χ4n) is 1.71. The average molecular weight is 263 g/mol. The van der Waals surface area contributed by atoms with Crippen molar-refractivity contribution in [3.05, 3.63) is 36.0 Å². The summed E-state index contributed by atoms with van der Waals surface area (Å²) in [7, 11) is 0. The van der Waals surface area contributed by atoms with E-state index in [1.165, 1.54) is 5.57 Å². The van der Waals surface area contributed by atoms with Crippen LogP contribution in [0.5, 0.6) is 0 Å². The average Bonchev–Trinajstić information content (AvgIpc) is 2.37. The first-order valence-corrected chi connectivity index (χ1v) is 7.32. The van der Waals surface area contributed by atoms with Crippen LogP contribution < -0.4 is 5.11 Å². The van der Waals surface area contributed by atoms with E-state index in [4.69, 9.17) is 0 Å². The van der Waals surface area contributed by atoms with Gasteiger partial charge in [0.1, 0.15) is 0 Å². The number of allylic oxidation sites excluding steroid dienone is 6. The first kappa shape index (κ1) is 17.7. The minimum atomic E-state index is -0.937. The Balaban J connectivity index is 3.51. The van der Waals surface area contributed by atoms with Crippen LogP contribution in [0, 0.1) is 0 Å². The minimum Gasteiger partial charge on any atom is -0.550 e. The highest BCUT2D eigenvalue weighted by atomic mass is 16.4. The van der Waals surface area contributed by atoms with Gasteiger partial charge >= 0.3 is 0 Å². The number of hydrogen-bond donors (Lipinski definition) is 0. The van der Waals surface area contributed by atoms with E-state index in [1.54, 1.807) is 0 Å². The Bertz CT molecular complexity index is 311. The highest BCUT2D eigenvalue weighted by Crippen LogP contribution is 2.06. The van der Waals surface area contributed by atoms with Crippen molar-refractivity contribution in [3.63, 3.8) is 0 Å². The standard InChI is InChI=1S/C17H28O2/c1-3-4-5-10-13-16(2)14-11-8-6-7-9-12-15-17(18)19/h4-5,8,11,13H,3,6-7,9-10,12,14-15H2,1-2H3,(H,18,19)/p-1/b5-4-,11-8-,16-13-. The van der Waals surface area contributed by atoms with E-state index in [1.807, 2.05) is 0 Å². The third-order valence-electron chi connectivity index (χ3n) is 2.86. The van der Waals surface area contributed by atoms with Crippen molar-refractivity contribution in [2.45, 2.75) is 65.2 Å². The van der Waals surface area contributed by atoms with Crippen molar-refractivity contribution in [2.75, 3.05) is 0 Å². The van der Waals surface area contributed by atoms with Gasteiger partial charge in [0, 0.05) is 5.97 Å². The summed E-state index contributed by atoms with van der Waals surface area (Å²) in [5.74, 6) is -0.937. The lowest BCUT2D eigenvalue weighted by Crippen LogP contribution is -2.21. The lowest BCUT2D eigenvalue weighted by atomic mass is 10.1. The number of aliphatic carboxylic acids is 1. The van der Waals surface area contributed by atoms with Gasteiger partial charge in [-0.3, -0.25) is 0 Å². The predicted molar refractivity (Wildman–Crippen MR) is 79.7 cm³/mol. The Morgan fingerprint density at radius 1 is 1.05 bits per heavy atom. The Kier molecular flexibility index (Phi) is 12.2. The Morgan fingerprint density at radius 3 is 2.53 bits per heavy atom. The van der Waals surface area contributed by atoms with Gasteiger partial charge in [0.05, 0.1) is 0 Å². The topological polar surface area (TPSA) is 40.1 Å². The third-order valence-corrected chi connectivity index (χ3v) is 2.86. The maximum absolute atomic E-state index is 10.2. The molecule has 0 aliphatic heterocycles. The molecule has 0 unspecified atom stereocenters. The zero-order chi connectivity index (χ0) is 14.3. The van der Waals surface area contributed by atoms with Crippen molar-refractivity contribution in [1.29, 1.82) is 0 Å². The second kappa shape index (κ2) is 13.1. The molecule has 0 aromatic carbocycles. The van der Waals surface area contributed by atoms with Gasteiger partial charge in [-0.25, -0.2) is 0 Å². The zero-order valence-corrected chi connectivity index (χ0v) is 12.4. The first-order chi connectivity index (χ1) is 9.16. The zero-order valence-electron chi connectivity index (χ0n) is 12.4. The van der Waals surface area contributed by atoms with Gasteiger partial charge in [-0.2, -0.15) is 0 Å². The molecule has 2 heteroatoms. The summed E-state index contributed by atoms with van der Waals surface area (Å²) in [6.07, 6.45) is 18.2. The van der Waals surface area contributed by atoms with Crippen LogP contribution in [0.15, 0.2) is 36.0 Å². The highest BCUT2D eigenvalue weighted by molar-refractivity contribution is 5.64. The lowest BCUT2D eigenvalue weighted by molar-refractivity contribution is -0.305. The number of unbranched alkanes of at least 4 members (excludes halogenated alkanes) is 3. The molecule has 0 saturated carbocycles. The van der Waals surface area contributed by atoms with E-state index in [0.717, 1.165) is 44.9 Å². The molecular formula is C17H27O2-. The highest BCUT2D eigenvalue weighted by Gasteiger charge is 1.89.